The average Bonchev–Trinajstić information content (AvgIpc) is 2.69. The molecule has 0 aliphatic carbocycles. The molecule has 7 heteroatoms. The smallest absolute Gasteiger partial charge is 0.257 e. The van der Waals surface area contributed by atoms with Crippen molar-refractivity contribution in [1.82, 2.24) is 19.8 Å². The fraction of sp³-hybridized carbons (Fsp3) is 0.333. The molecule has 0 spiro atoms. The van der Waals surface area contributed by atoms with Gasteiger partial charge in [-0.3, -0.25) is 9.59 Å². The lowest BCUT2D eigenvalue weighted by Gasteiger charge is -2.32. The highest BCUT2D eigenvalue weighted by molar-refractivity contribution is 5.93. The highest BCUT2D eigenvalue weighted by atomic mass is 16.2. The summed E-state index contributed by atoms with van der Waals surface area (Å²) < 4.78 is 0. The second-order valence-electron chi connectivity index (χ2n) is 5.89. The lowest BCUT2D eigenvalue weighted by molar-refractivity contribution is -0.119. The molecule has 130 valence electrons. The van der Waals surface area contributed by atoms with Crippen molar-refractivity contribution in [3.63, 3.8) is 0 Å². The van der Waals surface area contributed by atoms with Crippen LogP contribution in [-0.2, 0) is 11.2 Å². The molecule has 0 saturated carbocycles. The van der Waals surface area contributed by atoms with E-state index in [0.29, 0.717) is 37.7 Å². The molecular weight excluding hydrogens is 318 g/mol. The van der Waals surface area contributed by atoms with Crippen molar-refractivity contribution in [2.75, 3.05) is 38.0 Å². The van der Waals surface area contributed by atoms with Gasteiger partial charge in [0, 0.05) is 45.1 Å². The summed E-state index contributed by atoms with van der Waals surface area (Å²) in [5.74, 6) is 0.416. The van der Waals surface area contributed by atoms with E-state index in [1.165, 1.54) is 5.56 Å². The Labute approximate surface area is 146 Å². The minimum Gasteiger partial charge on any atom is -0.354 e. The summed E-state index contributed by atoms with van der Waals surface area (Å²) in [4.78, 5) is 35.0. The Morgan fingerprint density at radius 1 is 1.08 bits per heavy atom. The molecule has 3 rings (SSSR count). The van der Waals surface area contributed by atoms with Crippen LogP contribution in [0.4, 0.5) is 5.95 Å². The van der Waals surface area contributed by atoms with Gasteiger partial charge in [0.15, 0.2) is 0 Å². The summed E-state index contributed by atoms with van der Waals surface area (Å²) in [5.41, 5.74) is 1.71. The first-order chi connectivity index (χ1) is 12.3. The first kappa shape index (κ1) is 16.9. The van der Waals surface area contributed by atoms with Gasteiger partial charge in [-0.2, -0.15) is 0 Å². The van der Waals surface area contributed by atoms with E-state index in [9.17, 15) is 9.59 Å². The lowest BCUT2D eigenvalue weighted by atomic mass is 10.1. The van der Waals surface area contributed by atoms with E-state index >= 15 is 0 Å². The van der Waals surface area contributed by atoms with Crippen LogP contribution in [0.15, 0.2) is 42.7 Å². The number of nitrogens with one attached hydrogen (secondary N) is 1. The fourth-order valence-corrected chi connectivity index (χ4v) is 2.71. The van der Waals surface area contributed by atoms with Crippen molar-refractivity contribution in [3.05, 3.63) is 53.9 Å². The molecule has 1 fully saturated rings. The normalized spacial score (nSPS) is 14.2. The van der Waals surface area contributed by atoms with E-state index in [1.54, 1.807) is 22.2 Å². The minimum absolute atomic E-state index is 0.0959. The molecule has 25 heavy (non-hydrogen) atoms. The van der Waals surface area contributed by atoms with Gasteiger partial charge >= 0.3 is 0 Å². The van der Waals surface area contributed by atoms with Crippen LogP contribution < -0.4 is 5.32 Å². The van der Waals surface area contributed by atoms with Crippen LogP contribution in [0.1, 0.15) is 15.9 Å². The van der Waals surface area contributed by atoms with Gasteiger partial charge in [-0.25, -0.2) is 9.97 Å². The van der Waals surface area contributed by atoms with Crippen molar-refractivity contribution < 1.29 is 9.59 Å². The summed E-state index contributed by atoms with van der Waals surface area (Å²) in [6.45, 7) is 2.93. The number of carbonyl (C=O) groups is 2. The van der Waals surface area contributed by atoms with Crippen LogP contribution >= 0.6 is 0 Å². The standard InChI is InChI=1S/C18H21N5O2/c24-14-22-8-10-23(11-9-22)17(25)16-12-20-18(21-13-16)19-7-6-15-4-2-1-3-5-15/h1-5,12-14H,6-11H2,(H,19,20,21). The zero-order valence-electron chi connectivity index (χ0n) is 14.0. The molecule has 0 atom stereocenters. The third kappa shape index (κ3) is 4.53. The van der Waals surface area contributed by atoms with E-state index in [4.69, 9.17) is 0 Å². The molecule has 1 aliphatic heterocycles. The van der Waals surface area contributed by atoms with Gasteiger partial charge in [0.1, 0.15) is 0 Å². The van der Waals surface area contributed by atoms with Crippen molar-refractivity contribution >= 4 is 18.3 Å². The lowest BCUT2D eigenvalue weighted by Crippen LogP contribution is -2.48. The van der Waals surface area contributed by atoms with E-state index in [1.807, 2.05) is 18.2 Å². The number of benzene rings is 1. The van der Waals surface area contributed by atoms with Crippen LogP contribution in [0.2, 0.25) is 0 Å². The van der Waals surface area contributed by atoms with Crippen LogP contribution in [0.5, 0.6) is 0 Å². The SMILES string of the molecule is O=CN1CCN(C(=O)c2cnc(NCCc3ccccc3)nc2)CC1. The summed E-state index contributed by atoms with van der Waals surface area (Å²) in [6.07, 6.45) is 4.80. The summed E-state index contributed by atoms with van der Waals surface area (Å²) >= 11 is 0. The number of nitrogens with zero attached hydrogens (tertiary/aromatic N) is 4. The maximum Gasteiger partial charge on any atom is 0.257 e. The average molecular weight is 339 g/mol. The Morgan fingerprint density at radius 2 is 1.76 bits per heavy atom. The molecule has 1 aromatic carbocycles. The van der Waals surface area contributed by atoms with Gasteiger partial charge in [-0.1, -0.05) is 30.3 Å². The van der Waals surface area contributed by atoms with Gasteiger partial charge < -0.3 is 15.1 Å². The predicted octanol–water partition coefficient (Wildman–Crippen LogP) is 1.05. The largest absolute Gasteiger partial charge is 0.354 e. The molecule has 2 amide bonds. The zero-order chi connectivity index (χ0) is 17.5. The number of aromatic nitrogens is 2. The predicted molar refractivity (Wildman–Crippen MR) is 94.2 cm³/mol. The number of hydrogen-bond acceptors (Lipinski definition) is 5. The van der Waals surface area contributed by atoms with E-state index < -0.39 is 0 Å². The highest BCUT2D eigenvalue weighted by Gasteiger charge is 2.21. The molecule has 1 aromatic heterocycles. The molecule has 0 radical (unpaired) electrons. The molecule has 1 N–H and O–H groups in total. The topological polar surface area (TPSA) is 78.4 Å². The molecule has 2 aromatic rings. The summed E-state index contributed by atoms with van der Waals surface area (Å²) in [5, 5.41) is 3.16. The second kappa shape index (κ2) is 8.23. The molecule has 1 aliphatic rings. The van der Waals surface area contributed by atoms with Crippen molar-refractivity contribution in [2.24, 2.45) is 0 Å². The van der Waals surface area contributed by atoms with E-state index in [2.05, 4.69) is 27.4 Å². The van der Waals surface area contributed by atoms with Crippen LogP contribution in [0.3, 0.4) is 0 Å². The third-order valence-electron chi connectivity index (χ3n) is 4.19. The molecular formula is C18H21N5O2. The van der Waals surface area contributed by atoms with E-state index in [0.717, 1.165) is 19.4 Å². The fourth-order valence-electron chi connectivity index (χ4n) is 2.71. The first-order valence-corrected chi connectivity index (χ1v) is 8.35. The second-order valence-corrected chi connectivity index (χ2v) is 5.89. The van der Waals surface area contributed by atoms with E-state index in [-0.39, 0.29) is 5.91 Å². The van der Waals surface area contributed by atoms with Crippen molar-refractivity contribution in [1.29, 1.82) is 0 Å². The van der Waals surface area contributed by atoms with Gasteiger partial charge in [0.25, 0.3) is 5.91 Å². The number of hydrogen-bond donors (Lipinski definition) is 1. The number of amides is 2. The quantitative estimate of drug-likeness (QED) is 0.796. The molecule has 7 nitrogen and oxygen atoms in total. The number of anilines is 1. The number of piperazine rings is 1. The molecule has 1 saturated heterocycles. The zero-order valence-corrected chi connectivity index (χ0v) is 14.0. The molecule has 0 bridgehead atoms. The monoisotopic (exact) mass is 339 g/mol. The number of rotatable bonds is 6. The van der Waals surface area contributed by atoms with Gasteiger partial charge in [-0.15, -0.1) is 0 Å². The maximum atomic E-state index is 12.4. The molecule has 0 unspecified atom stereocenters. The van der Waals surface area contributed by atoms with Gasteiger partial charge in [0.2, 0.25) is 12.4 Å². The Morgan fingerprint density at radius 3 is 2.40 bits per heavy atom. The Hall–Kier alpha value is -2.96. The van der Waals surface area contributed by atoms with Crippen LogP contribution in [-0.4, -0.2) is 64.8 Å². The number of carbonyl (C=O) groups excluding carboxylic acids is 2. The third-order valence-corrected chi connectivity index (χ3v) is 4.19. The summed E-state index contributed by atoms with van der Waals surface area (Å²) in [6, 6.07) is 10.2. The van der Waals surface area contributed by atoms with Crippen LogP contribution in [0.25, 0.3) is 0 Å². The Kier molecular flexibility index (Phi) is 5.56. The van der Waals surface area contributed by atoms with Crippen molar-refractivity contribution in [3.8, 4) is 0 Å². The van der Waals surface area contributed by atoms with Gasteiger partial charge in [0.05, 0.1) is 5.56 Å². The maximum absolute atomic E-state index is 12.4. The van der Waals surface area contributed by atoms with Gasteiger partial charge in [-0.05, 0) is 12.0 Å². The molecule has 2 heterocycles. The Bertz CT molecular complexity index is 697. The Balaban J connectivity index is 1.50. The van der Waals surface area contributed by atoms with Crippen molar-refractivity contribution in [2.45, 2.75) is 6.42 Å². The first-order valence-electron chi connectivity index (χ1n) is 8.35. The summed E-state index contributed by atoms with van der Waals surface area (Å²) in [7, 11) is 0. The van der Waals surface area contributed by atoms with Crippen LogP contribution in [0, 0.1) is 0 Å². The minimum atomic E-state index is -0.0959. The highest BCUT2D eigenvalue weighted by Crippen LogP contribution is 2.08.